The van der Waals surface area contributed by atoms with Crippen molar-refractivity contribution in [3.05, 3.63) is 0 Å². The molecule has 1 saturated carbocycles. The van der Waals surface area contributed by atoms with Crippen molar-refractivity contribution in [2.75, 3.05) is 7.11 Å². The molecule has 2 atom stereocenters. The van der Waals surface area contributed by atoms with Gasteiger partial charge in [-0.1, -0.05) is 20.3 Å². The van der Waals surface area contributed by atoms with Gasteiger partial charge < -0.3 is 4.74 Å². The van der Waals surface area contributed by atoms with Crippen LogP contribution in [0.4, 0.5) is 0 Å². The number of hydrogen-bond donors (Lipinski definition) is 0. The lowest BCUT2D eigenvalue weighted by molar-refractivity contribution is -0.133. The zero-order valence-electron chi connectivity index (χ0n) is 9.64. The zero-order valence-corrected chi connectivity index (χ0v) is 9.64. The number of ether oxygens (including phenoxy) is 1. The van der Waals surface area contributed by atoms with Gasteiger partial charge in [0.25, 0.3) is 0 Å². The van der Waals surface area contributed by atoms with Gasteiger partial charge in [-0.15, -0.1) is 0 Å². The highest BCUT2D eigenvalue weighted by atomic mass is 16.5. The molecule has 0 aromatic rings. The number of ketones is 1. The molecule has 0 N–H and O–H groups in total. The normalized spacial score (nSPS) is 32.1. The summed E-state index contributed by atoms with van der Waals surface area (Å²) in [5.74, 6) is 0.406. The number of methoxy groups -OCH3 is 1. The van der Waals surface area contributed by atoms with Crippen molar-refractivity contribution in [1.82, 2.24) is 0 Å². The van der Waals surface area contributed by atoms with Gasteiger partial charge in [0.05, 0.1) is 11.5 Å². The number of unbranched alkanes of at least 4 members (excludes halogenated alkanes) is 1. The highest BCUT2D eigenvalue weighted by Gasteiger charge is 2.44. The van der Waals surface area contributed by atoms with Crippen LogP contribution in [0.2, 0.25) is 0 Å². The molecule has 1 aliphatic carbocycles. The highest BCUT2D eigenvalue weighted by molar-refractivity contribution is 5.85. The molecule has 0 saturated heterocycles. The van der Waals surface area contributed by atoms with Crippen molar-refractivity contribution < 1.29 is 9.53 Å². The molecule has 0 aromatic heterocycles. The van der Waals surface area contributed by atoms with Crippen molar-refractivity contribution in [2.45, 2.75) is 58.5 Å². The summed E-state index contributed by atoms with van der Waals surface area (Å²) in [5.41, 5.74) is -0.191. The van der Waals surface area contributed by atoms with Gasteiger partial charge in [0, 0.05) is 13.5 Å². The van der Waals surface area contributed by atoms with Crippen LogP contribution >= 0.6 is 0 Å². The number of carbonyl (C=O) groups excluding carboxylic acids is 1. The lowest BCUT2D eigenvalue weighted by atomic mass is 9.80. The standard InChI is InChI=1S/C12H22O2/c1-4-5-7-10(13)12(2)9-6-8-11(12)14-3/h11H,4-9H2,1-3H3/t11-,12-/m1/s1. The monoisotopic (exact) mass is 198 g/mol. The minimum atomic E-state index is -0.191. The maximum Gasteiger partial charge on any atom is 0.141 e. The van der Waals surface area contributed by atoms with E-state index in [2.05, 4.69) is 13.8 Å². The molecule has 14 heavy (non-hydrogen) atoms. The molecule has 0 amide bonds. The Labute approximate surface area is 87.0 Å². The van der Waals surface area contributed by atoms with Crippen LogP contribution < -0.4 is 0 Å². The molecule has 0 aliphatic heterocycles. The topological polar surface area (TPSA) is 26.3 Å². The third-order valence-corrected chi connectivity index (χ3v) is 3.55. The van der Waals surface area contributed by atoms with Crippen LogP contribution in [0.1, 0.15) is 52.4 Å². The fourth-order valence-corrected chi connectivity index (χ4v) is 2.45. The van der Waals surface area contributed by atoms with E-state index in [1.165, 1.54) is 0 Å². The van der Waals surface area contributed by atoms with E-state index >= 15 is 0 Å². The summed E-state index contributed by atoms with van der Waals surface area (Å²) in [7, 11) is 1.72. The molecule has 1 rings (SSSR count). The molecule has 0 spiro atoms. The summed E-state index contributed by atoms with van der Waals surface area (Å²) >= 11 is 0. The summed E-state index contributed by atoms with van der Waals surface area (Å²) in [6, 6.07) is 0. The smallest absolute Gasteiger partial charge is 0.141 e. The molecule has 0 bridgehead atoms. The summed E-state index contributed by atoms with van der Waals surface area (Å²) < 4.78 is 5.41. The lowest BCUT2D eigenvalue weighted by Gasteiger charge is -2.28. The van der Waals surface area contributed by atoms with Crippen LogP contribution in [-0.2, 0) is 9.53 Å². The predicted octanol–water partition coefficient (Wildman–Crippen LogP) is 2.95. The van der Waals surface area contributed by atoms with Crippen molar-refractivity contribution in [2.24, 2.45) is 5.41 Å². The molecule has 1 aliphatic rings. The van der Waals surface area contributed by atoms with E-state index < -0.39 is 0 Å². The SMILES string of the molecule is CCCCC(=O)[C@@]1(C)CCC[C@H]1OC. The lowest BCUT2D eigenvalue weighted by Crippen LogP contribution is -2.36. The molecule has 0 aromatic carbocycles. The van der Waals surface area contributed by atoms with E-state index in [9.17, 15) is 4.79 Å². The summed E-state index contributed by atoms with van der Waals surface area (Å²) in [5, 5.41) is 0. The van der Waals surface area contributed by atoms with E-state index in [1.54, 1.807) is 7.11 Å². The third-order valence-electron chi connectivity index (χ3n) is 3.55. The maximum atomic E-state index is 12.0. The third kappa shape index (κ3) is 2.17. The largest absolute Gasteiger partial charge is 0.380 e. The number of rotatable bonds is 5. The molecule has 2 heteroatoms. The second kappa shape index (κ2) is 4.92. The minimum Gasteiger partial charge on any atom is -0.380 e. The Morgan fingerprint density at radius 1 is 1.57 bits per heavy atom. The van der Waals surface area contributed by atoms with Gasteiger partial charge in [-0.05, 0) is 25.7 Å². The van der Waals surface area contributed by atoms with E-state index in [-0.39, 0.29) is 11.5 Å². The predicted molar refractivity (Wildman–Crippen MR) is 57.3 cm³/mol. The first-order valence-corrected chi connectivity index (χ1v) is 5.71. The Hall–Kier alpha value is -0.370. The minimum absolute atomic E-state index is 0.159. The molecular formula is C12H22O2. The number of Topliss-reactive ketones (excluding diaryl/α,β-unsaturated/α-hetero) is 1. The Morgan fingerprint density at radius 3 is 2.86 bits per heavy atom. The van der Waals surface area contributed by atoms with Gasteiger partial charge in [-0.2, -0.15) is 0 Å². The van der Waals surface area contributed by atoms with Gasteiger partial charge in [0.15, 0.2) is 0 Å². The molecule has 0 unspecified atom stereocenters. The first kappa shape index (κ1) is 11.7. The van der Waals surface area contributed by atoms with Gasteiger partial charge in [0.2, 0.25) is 0 Å². The van der Waals surface area contributed by atoms with Crippen LogP contribution in [0.15, 0.2) is 0 Å². The second-order valence-electron chi connectivity index (χ2n) is 4.56. The summed E-state index contributed by atoms with van der Waals surface area (Å²) in [4.78, 5) is 12.0. The molecular weight excluding hydrogens is 176 g/mol. The summed E-state index contributed by atoms with van der Waals surface area (Å²) in [6.45, 7) is 4.20. The Morgan fingerprint density at radius 2 is 2.29 bits per heavy atom. The van der Waals surface area contributed by atoms with Crippen LogP contribution in [0.3, 0.4) is 0 Å². The van der Waals surface area contributed by atoms with Crippen molar-refractivity contribution in [3.8, 4) is 0 Å². The first-order chi connectivity index (χ1) is 6.65. The summed E-state index contributed by atoms with van der Waals surface area (Å²) in [6.07, 6.45) is 6.19. The fraction of sp³-hybridized carbons (Fsp3) is 0.917. The Kier molecular flexibility index (Phi) is 4.11. The van der Waals surface area contributed by atoms with Crippen molar-refractivity contribution in [3.63, 3.8) is 0 Å². The average Bonchev–Trinajstić information content (AvgIpc) is 2.57. The quantitative estimate of drug-likeness (QED) is 0.679. The molecule has 1 fully saturated rings. The highest BCUT2D eigenvalue weighted by Crippen LogP contribution is 2.41. The molecule has 82 valence electrons. The second-order valence-corrected chi connectivity index (χ2v) is 4.56. The van der Waals surface area contributed by atoms with Crippen LogP contribution in [-0.4, -0.2) is 19.0 Å². The van der Waals surface area contributed by atoms with E-state index in [0.29, 0.717) is 5.78 Å². The van der Waals surface area contributed by atoms with Crippen LogP contribution in [0.5, 0.6) is 0 Å². The zero-order chi connectivity index (χ0) is 10.6. The fourth-order valence-electron chi connectivity index (χ4n) is 2.45. The van der Waals surface area contributed by atoms with Crippen molar-refractivity contribution >= 4 is 5.78 Å². The van der Waals surface area contributed by atoms with Gasteiger partial charge in [-0.3, -0.25) is 4.79 Å². The Bertz CT molecular complexity index is 200. The number of carbonyl (C=O) groups is 1. The van der Waals surface area contributed by atoms with Gasteiger partial charge >= 0.3 is 0 Å². The van der Waals surface area contributed by atoms with E-state index in [1.807, 2.05) is 0 Å². The number of hydrogen-bond acceptors (Lipinski definition) is 2. The Balaban J connectivity index is 2.58. The van der Waals surface area contributed by atoms with Crippen LogP contribution in [0.25, 0.3) is 0 Å². The molecule has 0 radical (unpaired) electrons. The maximum absolute atomic E-state index is 12.0. The first-order valence-electron chi connectivity index (χ1n) is 5.71. The van der Waals surface area contributed by atoms with Crippen molar-refractivity contribution in [1.29, 1.82) is 0 Å². The molecule has 2 nitrogen and oxygen atoms in total. The van der Waals surface area contributed by atoms with Crippen LogP contribution in [0, 0.1) is 5.41 Å². The van der Waals surface area contributed by atoms with E-state index in [4.69, 9.17) is 4.74 Å². The van der Waals surface area contributed by atoms with Gasteiger partial charge in [-0.25, -0.2) is 0 Å². The molecule has 0 heterocycles. The van der Waals surface area contributed by atoms with Gasteiger partial charge in [0.1, 0.15) is 5.78 Å². The average molecular weight is 198 g/mol. The van der Waals surface area contributed by atoms with E-state index in [0.717, 1.165) is 38.5 Å².